The van der Waals surface area contributed by atoms with Crippen molar-refractivity contribution in [3.05, 3.63) is 42.0 Å². The van der Waals surface area contributed by atoms with Gasteiger partial charge in [-0.1, -0.05) is 43.7 Å². The second-order valence-electron chi connectivity index (χ2n) is 11.5. The Morgan fingerprint density at radius 1 is 1.07 bits per heavy atom. The molecule has 9 atom stereocenters. The molecule has 1 heterocycles. The van der Waals surface area contributed by atoms with Gasteiger partial charge in [-0.15, -0.1) is 0 Å². The SMILES string of the molecule is C[C@H]1ON(c2ccccc2)[C@@H]2C[C@H]3[C@@H]4CC=C5C[C@@H](O)CC[C@]5(C)[C@H]4CC[C@]3(C)[C@@H]21. The molecule has 1 saturated heterocycles. The predicted molar refractivity (Wildman–Crippen MR) is 120 cm³/mol. The fourth-order valence-corrected chi connectivity index (χ4v) is 8.93. The molecule has 30 heavy (non-hydrogen) atoms. The quantitative estimate of drug-likeness (QED) is 0.602. The van der Waals surface area contributed by atoms with Crippen LogP contribution < -0.4 is 5.06 Å². The van der Waals surface area contributed by atoms with E-state index in [9.17, 15) is 5.11 Å². The zero-order valence-electron chi connectivity index (χ0n) is 18.8. The number of rotatable bonds is 1. The van der Waals surface area contributed by atoms with Crippen molar-refractivity contribution in [1.29, 1.82) is 0 Å². The summed E-state index contributed by atoms with van der Waals surface area (Å²) in [6.45, 7) is 7.43. The van der Waals surface area contributed by atoms with Crippen molar-refractivity contribution < 1.29 is 9.94 Å². The highest BCUT2D eigenvalue weighted by Gasteiger charge is 2.65. The molecule has 0 amide bonds. The van der Waals surface area contributed by atoms with Crippen molar-refractivity contribution in [2.24, 2.45) is 34.5 Å². The first-order valence-electron chi connectivity index (χ1n) is 12.3. The number of aliphatic hydroxyl groups excluding tert-OH is 1. The Balaban J connectivity index is 1.34. The Labute approximate surface area is 181 Å². The number of allylic oxidation sites excluding steroid dienone is 1. The van der Waals surface area contributed by atoms with Gasteiger partial charge in [-0.3, -0.25) is 9.90 Å². The number of benzene rings is 1. The third-order valence-corrected chi connectivity index (χ3v) is 10.3. The van der Waals surface area contributed by atoms with Crippen LogP contribution in [0.3, 0.4) is 0 Å². The van der Waals surface area contributed by atoms with E-state index in [0.717, 1.165) is 30.6 Å². The summed E-state index contributed by atoms with van der Waals surface area (Å²) in [5.74, 6) is 2.99. The van der Waals surface area contributed by atoms with Crippen molar-refractivity contribution in [3.63, 3.8) is 0 Å². The van der Waals surface area contributed by atoms with Gasteiger partial charge in [0.05, 0.1) is 23.9 Å². The highest BCUT2D eigenvalue weighted by molar-refractivity contribution is 5.46. The zero-order valence-corrected chi connectivity index (χ0v) is 18.8. The van der Waals surface area contributed by atoms with Crippen molar-refractivity contribution in [2.75, 3.05) is 5.06 Å². The first-order chi connectivity index (χ1) is 14.4. The van der Waals surface area contributed by atoms with Gasteiger partial charge in [0.2, 0.25) is 0 Å². The third-order valence-electron chi connectivity index (χ3n) is 10.3. The van der Waals surface area contributed by atoms with Gasteiger partial charge in [0, 0.05) is 5.92 Å². The summed E-state index contributed by atoms with van der Waals surface area (Å²) >= 11 is 0. The van der Waals surface area contributed by atoms with Crippen molar-refractivity contribution >= 4 is 5.69 Å². The van der Waals surface area contributed by atoms with E-state index in [1.54, 1.807) is 5.57 Å². The first-order valence-corrected chi connectivity index (χ1v) is 12.3. The smallest absolute Gasteiger partial charge is 0.0882 e. The Morgan fingerprint density at radius 3 is 2.67 bits per heavy atom. The Kier molecular flexibility index (Phi) is 4.26. The minimum absolute atomic E-state index is 0.113. The van der Waals surface area contributed by atoms with Crippen LogP contribution in [0.15, 0.2) is 42.0 Å². The molecular weight excluding hydrogens is 370 g/mol. The monoisotopic (exact) mass is 407 g/mol. The number of para-hydroxylation sites is 1. The molecule has 4 fully saturated rings. The molecule has 3 heteroatoms. The third kappa shape index (κ3) is 2.51. The van der Waals surface area contributed by atoms with E-state index in [4.69, 9.17) is 4.84 Å². The second kappa shape index (κ2) is 6.59. The van der Waals surface area contributed by atoms with E-state index in [0.29, 0.717) is 22.8 Å². The van der Waals surface area contributed by atoms with E-state index in [1.165, 1.54) is 37.8 Å². The molecule has 3 nitrogen and oxygen atoms in total. The molecule has 1 N–H and O–H groups in total. The predicted octanol–water partition coefficient (Wildman–Crippen LogP) is 5.75. The van der Waals surface area contributed by atoms with Crippen LogP contribution in [0.4, 0.5) is 5.69 Å². The topological polar surface area (TPSA) is 32.7 Å². The van der Waals surface area contributed by atoms with E-state index in [2.05, 4.69) is 62.2 Å². The molecule has 0 unspecified atom stereocenters. The van der Waals surface area contributed by atoms with E-state index in [1.807, 2.05) is 0 Å². The van der Waals surface area contributed by atoms with Gasteiger partial charge < -0.3 is 5.11 Å². The molecule has 0 radical (unpaired) electrons. The Bertz CT molecular complexity index is 852. The molecule has 1 aliphatic heterocycles. The lowest BCUT2D eigenvalue weighted by atomic mass is 9.47. The van der Waals surface area contributed by atoms with Gasteiger partial charge >= 0.3 is 0 Å². The average molecular weight is 408 g/mol. The van der Waals surface area contributed by atoms with Gasteiger partial charge in [-0.25, -0.2) is 0 Å². The summed E-state index contributed by atoms with van der Waals surface area (Å²) in [6.07, 6.45) is 11.0. The van der Waals surface area contributed by atoms with E-state index < -0.39 is 0 Å². The van der Waals surface area contributed by atoms with Gasteiger partial charge in [-0.05, 0) is 92.6 Å². The summed E-state index contributed by atoms with van der Waals surface area (Å²) in [5.41, 5.74) is 3.49. The molecule has 162 valence electrons. The highest BCUT2D eigenvalue weighted by Crippen LogP contribution is 2.68. The molecule has 0 bridgehead atoms. The first kappa shape index (κ1) is 19.4. The van der Waals surface area contributed by atoms with Crippen LogP contribution in [0.1, 0.15) is 65.7 Å². The second-order valence-corrected chi connectivity index (χ2v) is 11.5. The number of hydrogen-bond acceptors (Lipinski definition) is 3. The maximum Gasteiger partial charge on any atom is 0.0882 e. The zero-order chi connectivity index (χ0) is 20.7. The number of aliphatic hydroxyl groups is 1. The molecular formula is C27H37NO2. The minimum Gasteiger partial charge on any atom is -0.393 e. The van der Waals surface area contributed by atoms with Crippen molar-refractivity contribution in [1.82, 2.24) is 0 Å². The average Bonchev–Trinajstić information content (AvgIpc) is 3.24. The van der Waals surface area contributed by atoms with Gasteiger partial charge in [-0.2, -0.15) is 0 Å². The van der Waals surface area contributed by atoms with Crippen LogP contribution >= 0.6 is 0 Å². The highest BCUT2D eigenvalue weighted by atomic mass is 16.7. The summed E-state index contributed by atoms with van der Waals surface area (Å²) in [7, 11) is 0. The number of anilines is 1. The van der Waals surface area contributed by atoms with Crippen molar-refractivity contribution in [2.45, 2.75) is 84.0 Å². The van der Waals surface area contributed by atoms with Gasteiger partial charge in [0.15, 0.2) is 0 Å². The summed E-state index contributed by atoms with van der Waals surface area (Å²) < 4.78 is 0. The number of nitrogens with zero attached hydrogens (tertiary/aromatic N) is 1. The summed E-state index contributed by atoms with van der Waals surface area (Å²) in [6, 6.07) is 11.2. The lowest BCUT2D eigenvalue weighted by molar-refractivity contribution is -0.0684. The molecule has 0 aromatic heterocycles. The van der Waals surface area contributed by atoms with Crippen LogP contribution in [0.2, 0.25) is 0 Å². The molecule has 0 spiro atoms. The Hall–Kier alpha value is -1.32. The van der Waals surface area contributed by atoms with Crippen LogP contribution in [-0.4, -0.2) is 23.4 Å². The van der Waals surface area contributed by atoms with E-state index >= 15 is 0 Å². The van der Waals surface area contributed by atoms with Gasteiger partial charge in [0.25, 0.3) is 0 Å². The number of hydrogen-bond donors (Lipinski definition) is 1. The van der Waals surface area contributed by atoms with Crippen LogP contribution in [0.5, 0.6) is 0 Å². The minimum atomic E-state index is -0.113. The maximum atomic E-state index is 10.3. The summed E-state index contributed by atoms with van der Waals surface area (Å²) in [5, 5.41) is 12.5. The van der Waals surface area contributed by atoms with Crippen LogP contribution in [0.25, 0.3) is 0 Å². The number of fused-ring (bicyclic) bond motifs is 7. The molecule has 4 aliphatic carbocycles. The molecule has 1 aromatic rings. The fourth-order valence-electron chi connectivity index (χ4n) is 8.93. The van der Waals surface area contributed by atoms with Crippen molar-refractivity contribution in [3.8, 4) is 0 Å². The molecule has 3 saturated carbocycles. The lowest BCUT2D eigenvalue weighted by Crippen LogP contribution is -2.51. The Morgan fingerprint density at radius 2 is 1.87 bits per heavy atom. The van der Waals surface area contributed by atoms with Crippen LogP contribution in [0, 0.1) is 34.5 Å². The molecule has 1 aromatic carbocycles. The normalized spacial score (nSPS) is 49.7. The van der Waals surface area contributed by atoms with Gasteiger partial charge in [0.1, 0.15) is 0 Å². The maximum absolute atomic E-state index is 10.3. The lowest BCUT2D eigenvalue weighted by Gasteiger charge is -2.58. The van der Waals surface area contributed by atoms with Crippen LogP contribution in [-0.2, 0) is 4.84 Å². The number of hydroxylamine groups is 1. The largest absolute Gasteiger partial charge is 0.393 e. The summed E-state index contributed by atoms with van der Waals surface area (Å²) in [4.78, 5) is 6.48. The fraction of sp³-hybridized carbons (Fsp3) is 0.704. The van der Waals surface area contributed by atoms with E-state index in [-0.39, 0.29) is 12.2 Å². The molecule has 5 aliphatic rings. The standard InChI is InChI=1S/C27H37NO2/c1-17-25-24(28(30-17)19-7-5-4-6-8-19)16-23-21-10-9-18-15-20(29)11-13-26(18,2)22(21)12-14-27(23,25)3/h4-9,17,20-25,29H,10-16H2,1-3H3/t17-,20+,21-,22+,23+,24-,25-,26+,27+/m1/s1. The molecule has 6 rings (SSSR count).